The number of nitrogens with zero attached hydrogens (tertiary/aromatic N) is 5. The Hall–Kier alpha value is -3.12. The number of aromatic nitrogens is 3. The molecule has 1 fully saturated rings. The van der Waals surface area contributed by atoms with Gasteiger partial charge >= 0.3 is 0 Å². The average Bonchev–Trinajstić information content (AvgIpc) is 3.02. The summed E-state index contributed by atoms with van der Waals surface area (Å²) in [6.45, 7) is 0.869. The first kappa shape index (κ1) is 18.3. The fourth-order valence-electron chi connectivity index (χ4n) is 3.39. The lowest BCUT2D eigenvalue weighted by molar-refractivity contribution is 0.243. The van der Waals surface area contributed by atoms with E-state index in [0.717, 1.165) is 12.1 Å². The van der Waals surface area contributed by atoms with Crippen molar-refractivity contribution in [3.63, 3.8) is 0 Å². The molecule has 0 radical (unpaired) electrons. The second-order valence-corrected chi connectivity index (χ2v) is 6.82. The Labute approximate surface area is 159 Å². The number of hydrogen-bond donors (Lipinski definition) is 1. The molecule has 2 atom stereocenters. The first-order chi connectivity index (χ1) is 13.5. The summed E-state index contributed by atoms with van der Waals surface area (Å²) in [6.07, 6.45) is 0.602. The van der Waals surface area contributed by atoms with E-state index in [1.54, 1.807) is 16.7 Å². The Bertz CT molecular complexity index is 1060. The van der Waals surface area contributed by atoms with E-state index in [9.17, 15) is 13.2 Å². The van der Waals surface area contributed by atoms with Gasteiger partial charge in [0.05, 0.1) is 34.9 Å². The van der Waals surface area contributed by atoms with E-state index < -0.39 is 23.8 Å². The maximum atomic E-state index is 13.9. The minimum absolute atomic E-state index is 0.230. The summed E-state index contributed by atoms with van der Waals surface area (Å²) in [7, 11) is 0. The lowest BCUT2D eigenvalue weighted by Crippen LogP contribution is -2.50. The van der Waals surface area contributed by atoms with Gasteiger partial charge in [-0.2, -0.15) is 5.26 Å². The van der Waals surface area contributed by atoms with Gasteiger partial charge < -0.3 is 15.2 Å². The zero-order valence-corrected chi connectivity index (χ0v) is 14.8. The van der Waals surface area contributed by atoms with Crippen molar-refractivity contribution in [2.45, 2.75) is 25.2 Å². The van der Waals surface area contributed by atoms with Gasteiger partial charge in [-0.3, -0.25) is 4.98 Å². The molecule has 3 heterocycles. The molecule has 3 aromatic rings. The first-order valence-corrected chi connectivity index (χ1v) is 8.81. The van der Waals surface area contributed by atoms with Gasteiger partial charge in [0.1, 0.15) is 12.2 Å². The molecule has 0 amide bonds. The average molecular weight is 386 g/mol. The number of benzene rings is 1. The van der Waals surface area contributed by atoms with E-state index in [2.05, 4.69) is 9.97 Å². The van der Waals surface area contributed by atoms with Gasteiger partial charge in [0, 0.05) is 31.4 Å². The summed E-state index contributed by atoms with van der Waals surface area (Å²) in [5.74, 6) is -1.51. The van der Waals surface area contributed by atoms with Gasteiger partial charge in [-0.25, -0.2) is 18.2 Å². The molecule has 2 aromatic heterocycles. The fraction of sp³-hybridized carbons (Fsp3) is 0.316. The molecule has 0 saturated carbocycles. The maximum absolute atomic E-state index is 13.9. The minimum atomic E-state index is -1.09. The van der Waals surface area contributed by atoms with Crippen LogP contribution in [0.4, 0.5) is 19.1 Å². The molecule has 1 saturated heterocycles. The van der Waals surface area contributed by atoms with Gasteiger partial charge in [0.15, 0.2) is 11.6 Å². The quantitative estimate of drug-likeness (QED) is 0.748. The number of nitriles is 1. The first-order valence-electron chi connectivity index (χ1n) is 8.81. The molecule has 6 nitrogen and oxygen atoms in total. The summed E-state index contributed by atoms with van der Waals surface area (Å²) >= 11 is 0. The fourth-order valence-corrected chi connectivity index (χ4v) is 3.39. The molecule has 0 aliphatic carbocycles. The largest absolute Gasteiger partial charge is 0.340 e. The number of alkyl halides is 1. The van der Waals surface area contributed by atoms with Gasteiger partial charge in [-0.15, -0.1) is 0 Å². The second kappa shape index (κ2) is 7.13. The molecule has 144 valence electrons. The number of piperidine rings is 1. The van der Waals surface area contributed by atoms with Crippen molar-refractivity contribution in [1.82, 2.24) is 14.5 Å². The van der Waals surface area contributed by atoms with Crippen LogP contribution < -0.4 is 10.6 Å². The van der Waals surface area contributed by atoms with Crippen LogP contribution >= 0.6 is 0 Å². The predicted octanol–water partition coefficient (Wildman–Crippen LogP) is 2.50. The van der Waals surface area contributed by atoms with E-state index in [0.29, 0.717) is 34.8 Å². The number of anilines is 1. The molecule has 1 aliphatic heterocycles. The Kier molecular flexibility index (Phi) is 4.65. The van der Waals surface area contributed by atoms with Crippen LogP contribution in [0.5, 0.6) is 0 Å². The topological polar surface area (TPSA) is 83.8 Å². The summed E-state index contributed by atoms with van der Waals surface area (Å²) in [6, 6.07) is 6.78. The maximum Gasteiger partial charge on any atom is 0.206 e. The number of hydrogen-bond acceptors (Lipinski definition) is 5. The van der Waals surface area contributed by atoms with Crippen LogP contribution in [0.2, 0.25) is 0 Å². The molecule has 2 N–H and O–H groups in total. The number of pyridine rings is 1. The number of halogens is 3. The highest BCUT2D eigenvalue weighted by Gasteiger charge is 2.29. The normalized spacial score (nSPS) is 19.8. The third kappa shape index (κ3) is 3.27. The van der Waals surface area contributed by atoms with E-state index >= 15 is 0 Å². The van der Waals surface area contributed by atoms with E-state index in [-0.39, 0.29) is 19.5 Å². The van der Waals surface area contributed by atoms with E-state index in [1.165, 1.54) is 6.20 Å². The minimum Gasteiger partial charge on any atom is -0.340 e. The number of rotatable bonds is 3. The van der Waals surface area contributed by atoms with Crippen LogP contribution in [0.3, 0.4) is 0 Å². The van der Waals surface area contributed by atoms with Crippen molar-refractivity contribution in [2.24, 2.45) is 5.73 Å². The van der Waals surface area contributed by atoms with Crippen molar-refractivity contribution in [2.75, 3.05) is 18.0 Å². The van der Waals surface area contributed by atoms with Crippen LogP contribution in [-0.4, -0.2) is 39.8 Å². The SMILES string of the molecule is N#Cc1ccc(Cn2c(N3CC[C@H](F)[C@H](N)C3)nc3cc(F)c(F)cc32)nc1. The Morgan fingerprint density at radius 3 is 2.71 bits per heavy atom. The van der Waals surface area contributed by atoms with Crippen molar-refractivity contribution >= 4 is 17.0 Å². The summed E-state index contributed by atoms with van der Waals surface area (Å²) in [5.41, 5.74) is 7.60. The second-order valence-electron chi connectivity index (χ2n) is 6.82. The number of imidazole rings is 1. The summed E-state index contributed by atoms with van der Waals surface area (Å²) in [5, 5.41) is 8.91. The van der Waals surface area contributed by atoms with Crippen molar-refractivity contribution in [3.8, 4) is 6.07 Å². The van der Waals surface area contributed by atoms with Gasteiger partial charge in [-0.05, 0) is 18.6 Å². The molecular weight excluding hydrogens is 369 g/mol. The highest BCUT2D eigenvalue weighted by molar-refractivity contribution is 5.79. The zero-order chi connectivity index (χ0) is 19.8. The molecular formula is C19H17F3N6. The molecule has 0 bridgehead atoms. The van der Waals surface area contributed by atoms with Crippen molar-refractivity contribution < 1.29 is 13.2 Å². The molecule has 9 heteroatoms. The Balaban J connectivity index is 1.79. The van der Waals surface area contributed by atoms with E-state index in [1.807, 2.05) is 11.0 Å². The van der Waals surface area contributed by atoms with Crippen LogP contribution in [0, 0.1) is 23.0 Å². The smallest absolute Gasteiger partial charge is 0.206 e. The summed E-state index contributed by atoms with van der Waals surface area (Å²) < 4.78 is 43.1. The van der Waals surface area contributed by atoms with Crippen LogP contribution in [0.25, 0.3) is 11.0 Å². The van der Waals surface area contributed by atoms with E-state index in [4.69, 9.17) is 11.0 Å². The monoisotopic (exact) mass is 386 g/mol. The van der Waals surface area contributed by atoms with Crippen LogP contribution in [0.1, 0.15) is 17.7 Å². The molecule has 4 rings (SSSR count). The highest BCUT2D eigenvalue weighted by Crippen LogP contribution is 2.28. The van der Waals surface area contributed by atoms with Crippen molar-refractivity contribution in [3.05, 3.63) is 53.4 Å². The molecule has 0 unspecified atom stereocenters. The lowest BCUT2D eigenvalue weighted by atomic mass is 10.1. The van der Waals surface area contributed by atoms with Gasteiger partial charge in [-0.1, -0.05) is 0 Å². The van der Waals surface area contributed by atoms with Gasteiger partial charge in [0.2, 0.25) is 5.95 Å². The number of fused-ring (bicyclic) bond motifs is 1. The third-order valence-electron chi connectivity index (χ3n) is 4.90. The van der Waals surface area contributed by atoms with Crippen LogP contribution in [0.15, 0.2) is 30.5 Å². The Morgan fingerprint density at radius 2 is 2.04 bits per heavy atom. The molecule has 0 spiro atoms. The Morgan fingerprint density at radius 1 is 1.25 bits per heavy atom. The molecule has 28 heavy (non-hydrogen) atoms. The number of nitrogens with two attached hydrogens (primary N) is 1. The predicted molar refractivity (Wildman–Crippen MR) is 97.4 cm³/mol. The highest BCUT2D eigenvalue weighted by atomic mass is 19.2. The summed E-state index contributed by atoms with van der Waals surface area (Å²) in [4.78, 5) is 10.5. The third-order valence-corrected chi connectivity index (χ3v) is 4.90. The molecule has 1 aliphatic rings. The molecule has 1 aromatic carbocycles. The lowest BCUT2D eigenvalue weighted by Gasteiger charge is -2.34. The standard InChI is InChI=1S/C19H17F3N6/c20-13-3-4-27(10-16(13)24)19-26-17-5-14(21)15(22)6-18(17)28(19)9-12-2-1-11(7-23)8-25-12/h1-2,5-6,8,13,16H,3-4,9-10,24H2/t13-,16+/m0/s1. The van der Waals surface area contributed by atoms with Crippen LogP contribution in [-0.2, 0) is 6.54 Å². The van der Waals surface area contributed by atoms with Crippen molar-refractivity contribution in [1.29, 1.82) is 5.26 Å². The van der Waals surface area contributed by atoms with Gasteiger partial charge in [0.25, 0.3) is 0 Å². The zero-order valence-electron chi connectivity index (χ0n) is 14.8.